The van der Waals surface area contributed by atoms with Crippen LogP contribution < -0.4 is 5.32 Å². The minimum Gasteiger partial charge on any atom is -0.350 e. The Morgan fingerprint density at radius 2 is 1.78 bits per heavy atom. The van der Waals surface area contributed by atoms with Gasteiger partial charge in [-0.15, -0.1) is 0 Å². The van der Waals surface area contributed by atoms with Gasteiger partial charge in [-0.25, -0.2) is 13.8 Å². The average molecular weight is 381 g/mol. The van der Waals surface area contributed by atoms with Crippen LogP contribution in [0.15, 0.2) is 48.8 Å². The smallest absolute Gasteiger partial charge is 0.350 e. The number of aryl methyl sites for hydroxylation is 1. The minimum atomic E-state index is -4.47. The summed E-state index contributed by atoms with van der Waals surface area (Å²) in [5, 5.41) is 2.25. The lowest BCUT2D eigenvalue weighted by Crippen LogP contribution is -2.16. The van der Waals surface area contributed by atoms with Gasteiger partial charge >= 0.3 is 6.18 Å². The van der Waals surface area contributed by atoms with Crippen LogP contribution in [-0.4, -0.2) is 15.5 Å². The number of nitrogens with zero attached hydrogens (tertiary/aromatic N) is 2. The molecule has 4 nitrogen and oxygen atoms in total. The van der Waals surface area contributed by atoms with Crippen LogP contribution in [0, 0.1) is 11.6 Å². The number of hydrogen-bond acceptors (Lipinski definition) is 2. The van der Waals surface area contributed by atoms with Gasteiger partial charge in [-0.1, -0.05) is 6.07 Å². The Balaban J connectivity index is 1.82. The summed E-state index contributed by atoms with van der Waals surface area (Å²) in [6.07, 6.45) is -2.27. The molecule has 2 heterocycles. The Kier molecular flexibility index (Phi) is 4.69. The first kappa shape index (κ1) is 18.6. The van der Waals surface area contributed by atoms with E-state index in [2.05, 4.69) is 10.3 Å². The second-order valence-corrected chi connectivity index (χ2v) is 5.71. The van der Waals surface area contributed by atoms with E-state index in [-0.39, 0.29) is 11.5 Å². The van der Waals surface area contributed by atoms with E-state index in [1.165, 1.54) is 29.9 Å². The molecule has 0 aliphatic rings. The van der Waals surface area contributed by atoms with Gasteiger partial charge in [-0.05, 0) is 30.3 Å². The van der Waals surface area contributed by atoms with Crippen molar-refractivity contribution in [1.29, 1.82) is 0 Å². The Labute approximate surface area is 150 Å². The van der Waals surface area contributed by atoms with Gasteiger partial charge in [0.1, 0.15) is 23.0 Å². The van der Waals surface area contributed by atoms with E-state index < -0.39 is 34.8 Å². The number of hydrogen-bond donors (Lipinski definition) is 1. The van der Waals surface area contributed by atoms with Crippen LogP contribution in [0.3, 0.4) is 0 Å². The average Bonchev–Trinajstić information content (AvgIpc) is 2.97. The second-order valence-electron chi connectivity index (χ2n) is 5.71. The zero-order valence-corrected chi connectivity index (χ0v) is 13.8. The van der Waals surface area contributed by atoms with Gasteiger partial charge in [0.2, 0.25) is 0 Å². The maximum absolute atomic E-state index is 13.6. The molecule has 3 rings (SSSR count). The van der Waals surface area contributed by atoms with Gasteiger partial charge in [-0.2, -0.15) is 13.2 Å². The molecular weight excluding hydrogens is 369 g/mol. The number of amides is 1. The highest BCUT2D eigenvalue weighted by atomic mass is 19.4. The van der Waals surface area contributed by atoms with E-state index >= 15 is 0 Å². The number of rotatable bonds is 3. The normalized spacial score (nSPS) is 11.5. The fourth-order valence-corrected chi connectivity index (χ4v) is 2.52. The highest BCUT2D eigenvalue weighted by Crippen LogP contribution is 2.33. The van der Waals surface area contributed by atoms with E-state index in [9.17, 15) is 26.7 Å². The zero-order chi connectivity index (χ0) is 19.8. The summed E-state index contributed by atoms with van der Waals surface area (Å²) in [5.41, 5.74) is -0.899. The number of carbonyl (C=O) groups is 1. The molecule has 0 spiro atoms. The fourth-order valence-electron chi connectivity index (χ4n) is 2.52. The summed E-state index contributed by atoms with van der Waals surface area (Å²) in [7, 11) is 1.46. The largest absolute Gasteiger partial charge is 0.417 e. The van der Waals surface area contributed by atoms with Crippen LogP contribution in [0.4, 0.5) is 27.8 Å². The molecule has 0 aliphatic heterocycles. The van der Waals surface area contributed by atoms with Gasteiger partial charge in [0.15, 0.2) is 0 Å². The van der Waals surface area contributed by atoms with Crippen molar-refractivity contribution in [3.8, 4) is 11.3 Å². The fraction of sp³-hybridized carbons (Fsp3) is 0.111. The zero-order valence-electron chi connectivity index (χ0n) is 13.8. The predicted molar refractivity (Wildman–Crippen MR) is 88.0 cm³/mol. The molecule has 1 amide bonds. The van der Waals surface area contributed by atoms with Gasteiger partial charge < -0.3 is 9.88 Å². The quantitative estimate of drug-likeness (QED) is 0.672. The van der Waals surface area contributed by atoms with Crippen LogP contribution in [0.1, 0.15) is 15.9 Å². The molecule has 0 saturated heterocycles. The summed E-state index contributed by atoms with van der Waals surface area (Å²) >= 11 is 0. The lowest BCUT2D eigenvalue weighted by Gasteiger charge is -2.08. The molecule has 2 aromatic heterocycles. The minimum absolute atomic E-state index is 0.00310. The molecule has 0 unspecified atom stereocenters. The Bertz CT molecular complexity index is 973. The van der Waals surface area contributed by atoms with E-state index in [1.807, 2.05) is 0 Å². The summed E-state index contributed by atoms with van der Waals surface area (Å²) in [4.78, 5) is 15.9. The van der Waals surface area contributed by atoms with Crippen molar-refractivity contribution in [1.82, 2.24) is 9.55 Å². The molecular formula is C18H12F5N3O. The van der Waals surface area contributed by atoms with Crippen LogP contribution in [-0.2, 0) is 13.2 Å². The maximum Gasteiger partial charge on any atom is 0.417 e. The van der Waals surface area contributed by atoms with E-state index in [1.54, 1.807) is 0 Å². The lowest BCUT2D eigenvalue weighted by atomic mass is 10.1. The van der Waals surface area contributed by atoms with Crippen molar-refractivity contribution in [2.24, 2.45) is 7.05 Å². The molecule has 9 heteroatoms. The number of nitrogens with one attached hydrogen (secondary N) is 1. The highest BCUT2D eigenvalue weighted by molar-refractivity contribution is 6.04. The SMILES string of the molecule is Cn1cc(C(F)(F)F)cc1-c1ccc(NC(=O)c2c(F)cccc2F)nc1. The number of pyridine rings is 1. The number of anilines is 1. The summed E-state index contributed by atoms with van der Waals surface area (Å²) < 4.78 is 66.9. The van der Waals surface area contributed by atoms with Crippen molar-refractivity contribution in [3.05, 3.63) is 71.6 Å². The van der Waals surface area contributed by atoms with E-state index in [0.29, 0.717) is 5.56 Å². The highest BCUT2D eigenvalue weighted by Gasteiger charge is 2.32. The number of benzene rings is 1. The van der Waals surface area contributed by atoms with Crippen LogP contribution >= 0.6 is 0 Å². The first-order valence-electron chi connectivity index (χ1n) is 7.62. The Morgan fingerprint density at radius 1 is 1.11 bits per heavy atom. The number of carbonyl (C=O) groups excluding carboxylic acids is 1. The standard InChI is InChI=1S/C18H12F5N3O/c1-26-9-11(18(21,22)23)7-14(26)10-5-6-15(24-8-10)25-17(27)16-12(19)3-2-4-13(16)20/h2-9H,1H3,(H,24,25,27). The van der Waals surface area contributed by atoms with Crippen LogP contribution in [0.2, 0.25) is 0 Å². The molecule has 0 fully saturated rings. The number of alkyl halides is 3. The summed E-state index contributed by atoms with van der Waals surface area (Å²) in [6, 6.07) is 6.76. The molecule has 0 radical (unpaired) electrons. The molecule has 3 aromatic rings. The summed E-state index contributed by atoms with van der Waals surface area (Å²) in [6.45, 7) is 0. The molecule has 140 valence electrons. The van der Waals surface area contributed by atoms with Crippen LogP contribution in [0.5, 0.6) is 0 Å². The number of aromatic nitrogens is 2. The Hall–Kier alpha value is -3.23. The topological polar surface area (TPSA) is 46.9 Å². The third-order valence-corrected chi connectivity index (χ3v) is 3.82. The first-order chi connectivity index (χ1) is 12.7. The molecule has 1 aromatic carbocycles. The van der Waals surface area contributed by atoms with E-state index in [4.69, 9.17) is 0 Å². The third-order valence-electron chi connectivity index (χ3n) is 3.82. The van der Waals surface area contributed by atoms with Crippen molar-refractivity contribution in [2.45, 2.75) is 6.18 Å². The van der Waals surface area contributed by atoms with Crippen molar-refractivity contribution in [3.63, 3.8) is 0 Å². The molecule has 27 heavy (non-hydrogen) atoms. The number of halogens is 5. The molecule has 1 N–H and O–H groups in total. The summed E-state index contributed by atoms with van der Waals surface area (Å²) in [5.74, 6) is -3.07. The monoisotopic (exact) mass is 381 g/mol. The third kappa shape index (κ3) is 3.81. The Morgan fingerprint density at radius 3 is 2.30 bits per heavy atom. The van der Waals surface area contributed by atoms with Gasteiger partial charge in [-0.3, -0.25) is 4.79 Å². The molecule has 0 bridgehead atoms. The van der Waals surface area contributed by atoms with Crippen molar-refractivity contribution < 1.29 is 26.7 Å². The van der Waals surface area contributed by atoms with Gasteiger partial charge in [0, 0.05) is 30.7 Å². The predicted octanol–water partition coefficient (Wildman–Crippen LogP) is 4.64. The van der Waals surface area contributed by atoms with Crippen molar-refractivity contribution in [2.75, 3.05) is 5.32 Å². The maximum atomic E-state index is 13.6. The molecule has 0 atom stereocenters. The van der Waals surface area contributed by atoms with E-state index in [0.717, 1.165) is 30.5 Å². The first-order valence-corrected chi connectivity index (χ1v) is 7.62. The molecule has 0 aliphatic carbocycles. The van der Waals surface area contributed by atoms with Crippen LogP contribution in [0.25, 0.3) is 11.3 Å². The van der Waals surface area contributed by atoms with Crippen molar-refractivity contribution >= 4 is 11.7 Å². The van der Waals surface area contributed by atoms with Gasteiger partial charge in [0.05, 0.1) is 5.56 Å². The lowest BCUT2D eigenvalue weighted by molar-refractivity contribution is -0.137. The molecule has 0 saturated carbocycles. The second kappa shape index (κ2) is 6.82. The van der Waals surface area contributed by atoms with Gasteiger partial charge in [0.25, 0.3) is 5.91 Å².